The number of rotatable bonds is 38. The lowest BCUT2D eigenvalue weighted by Gasteiger charge is -2.42. The highest BCUT2D eigenvalue weighted by Gasteiger charge is 2.39. The van der Waals surface area contributed by atoms with Gasteiger partial charge in [0.2, 0.25) is 0 Å². The summed E-state index contributed by atoms with van der Waals surface area (Å²) in [7, 11) is -7.16. The molecule has 0 bridgehead atoms. The van der Waals surface area contributed by atoms with Crippen LogP contribution in [0, 0.1) is 0 Å². The van der Waals surface area contributed by atoms with Crippen LogP contribution >= 0.6 is 27.9 Å². The highest BCUT2D eigenvalue weighted by Crippen LogP contribution is 2.58. The fourth-order valence-electron chi connectivity index (χ4n) is 12.3. The Kier molecular flexibility index (Phi) is 28.7. The van der Waals surface area contributed by atoms with Crippen molar-refractivity contribution in [3.05, 3.63) is 127 Å². The minimum atomic E-state index is -1.71. The van der Waals surface area contributed by atoms with Crippen LogP contribution in [0.2, 0.25) is 54.4 Å². The minimum Gasteiger partial charge on any atom is -0.313 e. The monoisotopic (exact) mass is 1100 g/mol. The van der Waals surface area contributed by atoms with Crippen LogP contribution in [0.3, 0.4) is 0 Å². The Morgan fingerprint density at radius 2 is 0.595 bits per heavy atom. The second kappa shape index (κ2) is 33.9. The fourth-order valence-corrected chi connectivity index (χ4v) is 36.0. The fraction of sp³-hybridized carbons (Fsp3) is 0.552. The average Bonchev–Trinajstić information content (AvgIpc) is 3.45. The van der Waals surface area contributed by atoms with Gasteiger partial charge < -0.3 is 4.44 Å². The van der Waals surface area contributed by atoms with E-state index in [1.807, 2.05) is 11.8 Å². The molecule has 0 N–H and O–H groups in total. The van der Waals surface area contributed by atoms with Crippen LogP contribution in [0.4, 0.5) is 5.69 Å². The molecule has 0 aliphatic rings. The third kappa shape index (κ3) is 16.9. The molecule has 74 heavy (non-hydrogen) atoms. The normalized spacial score (nSPS) is 12.7. The molecule has 1 nitrogen and oxygen atoms in total. The molecule has 5 aromatic rings. The molecular formula is C67H105NP2SSi3. The van der Waals surface area contributed by atoms with Crippen molar-refractivity contribution in [1.82, 2.24) is 0 Å². The molecule has 0 saturated carbocycles. The van der Waals surface area contributed by atoms with Crippen molar-refractivity contribution in [3.63, 3.8) is 0 Å². The molecule has 0 radical (unpaired) electrons. The van der Waals surface area contributed by atoms with Gasteiger partial charge in [0.05, 0.1) is 40.4 Å². The first-order valence-corrected chi connectivity index (χ1v) is 42.3. The van der Waals surface area contributed by atoms with E-state index in [-0.39, 0.29) is 0 Å². The molecule has 7 heteroatoms. The van der Waals surface area contributed by atoms with Crippen molar-refractivity contribution < 1.29 is 0 Å². The van der Waals surface area contributed by atoms with E-state index in [4.69, 9.17) is 0 Å². The first-order chi connectivity index (χ1) is 36.2. The Balaban J connectivity index is 1.85. The molecule has 0 aliphatic heterocycles. The number of hydrogen-bond acceptors (Lipinski definition) is 2. The van der Waals surface area contributed by atoms with Crippen molar-refractivity contribution in [2.45, 2.75) is 237 Å². The first-order valence-electron chi connectivity index (χ1n) is 30.6. The highest BCUT2D eigenvalue weighted by molar-refractivity contribution is 7.99. The summed E-state index contributed by atoms with van der Waals surface area (Å²) in [5.74, 6) is 0. The van der Waals surface area contributed by atoms with Gasteiger partial charge in [-0.1, -0.05) is 357 Å². The number of hydrogen-bond donors (Lipinski definition) is 0. The van der Waals surface area contributed by atoms with Gasteiger partial charge in [0.1, 0.15) is 0 Å². The third-order valence-electron chi connectivity index (χ3n) is 16.9. The van der Waals surface area contributed by atoms with Crippen LogP contribution in [-0.2, 0) is 0 Å². The zero-order valence-corrected chi connectivity index (χ0v) is 54.6. The van der Waals surface area contributed by atoms with E-state index < -0.39 is 40.4 Å². The quantitative estimate of drug-likeness (QED) is 0.0220. The predicted molar refractivity (Wildman–Crippen MR) is 352 cm³/mol. The van der Waals surface area contributed by atoms with Crippen molar-refractivity contribution in [2.75, 3.05) is 10.7 Å². The molecule has 0 aliphatic carbocycles. The van der Waals surface area contributed by atoms with Gasteiger partial charge in [0.25, 0.3) is 0 Å². The molecule has 0 spiro atoms. The Bertz CT molecular complexity index is 2110. The van der Waals surface area contributed by atoms with Gasteiger partial charge in [-0.25, -0.2) is 0 Å². The van der Waals surface area contributed by atoms with Crippen molar-refractivity contribution in [2.24, 2.45) is 0 Å². The van der Waals surface area contributed by atoms with Crippen molar-refractivity contribution in [1.29, 1.82) is 0 Å². The van der Waals surface area contributed by atoms with Gasteiger partial charge in [-0.05, 0) is 24.5 Å². The number of nitrogens with zero attached hydrogens (tertiary/aromatic N) is 1. The van der Waals surface area contributed by atoms with E-state index in [2.05, 4.69) is 200 Å². The number of para-hydroxylation sites is 1. The Morgan fingerprint density at radius 1 is 0.324 bits per heavy atom. The zero-order valence-electron chi connectivity index (χ0n) is 49.0. The summed E-state index contributed by atoms with van der Waals surface area (Å²) in [4.78, 5) is 1.40. The van der Waals surface area contributed by atoms with E-state index in [0.717, 1.165) is 0 Å². The lowest BCUT2D eigenvalue weighted by Crippen LogP contribution is -2.48. The maximum Gasteiger partial charge on any atom is 0.0867 e. The largest absolute Gasteiger partial charge is 0.313 e. The van der Waals surface area contributed by atoms with Gasteiger partial charge in [-0.15, -0.1) is 11.8 Å². The Labute approximate surface area is 466 Å². The molecular weight excluding hydrogens is 997 g/mol. The van der Waals surface area contributed by atoms with Crippen molar-refractivity contribution in [3.8, 4) is 0 Å². The summed E-state index contributed by atoms with van der Waals surface area (Å²) >= 11 is 1.93. The van der Waals surface area contributed by atoms with E-state index >= 15 is 0 Å². The number of thioether (sulfide) groups is 1. The molecule has 406 valence electrons. The highest BCUT2D eigenvalue weighted by atomic mass is 32.2. The second-order valence-electron chi connectivity index (χ2n) is 22.3. The van der Waals surface area contributed by atoms with Crippen LogP contribution in [0.1, 0.15) is 178 Å². The average molecular weight is 1100 g/mol. The van der Waals surface area contributed by atoms with Crippen LogP contribution in [0.25, 0.3) is 0 Å². The van der Waals surface area contributed by atoms with E-state index in [1.165, 1.54) is 202 Å². The summed E-state index contributed by atoms with van der Waals surface area (Å²) in [6, 6.07) is 66.1. The molecule has 0 amide bonds. The first kappa shape index (κ1) is 62.6. The van der Waals surface area contributed by atoms with Gasteiger partial charge >= 0.3 is 0 Å². The Morgan fingerprint density at radius 3 is 0.878 bits per heavy atom. The third-order valence-corrected chi connectivity index (χ3v) is 39.9. The van der Waals surface area contributed by atoms with Gasteiger partial charge in [-0.3, -0.25) is 0 Å². The van der Waals surface area contributed by atoms with Crippen LogP contribution in [-0.4, -0.2) is 30.5 Å². The molecule has 5 aromatic carbocycles. The maximum absolute atomic E-state index is 3.00. The van der Waals surface area contributed by atoms with Crippen LogP contribution in [0.5, 0.6) is 0 Å². The minimum absolute atomic E-state index is 1.02. The number of benzene rings is 5. The van der Waals surface area contributed by atoms with Gasteiger partial charge in [0, 0.05) is 31.8 Å². The number of anilines is 1. The molecule has 0 saturated heterocycles. The van der Waals surface area contributed by atoms with Gasteiger partial charge in [0.15, 0.2) is 0 Å². The lowest BCUT2D eigenvalue weighted by molar-refractivity contribution is 0.800. The summed E-state index contributed by atoms with van der Waals surface area (Å²) in [5.41, 5.74) is 1.34. The van der Waals surface area contributed by atoms with Crippen LogP contribution in [0.15, 0.2) is 132 Å². The smallest absolute Gasteiger partial charge is 0.0867 e. The van der Waals surface area contributed by atoms with E-state index in [0.29, 0.717) is 0 Å². The predicted octanol–water partition coefficient (Wildman–Crippen LogP) is 19.5. The van der Waals surface area contributed by atoms with Crippen molar-refractivity contribution >= 4 is 94.6 Å². The maximum atomic E-state index is 3.00. The lowest BCUT2D eigenvalue weighted by atomic mass is 10.3. The van der Waals surface area contributed by atoms with Crippen LogP contribution < -0.4 is 41.2 Å². The summed E-state index contributed by atoms with van der Waals surface area (Å²) in [5, 5.41) is 11.1. The van der Waals surface area contributed by atoms with E-state index in [1.54, 1.807) is 15.6 Å². The molecule has 0 aromatic heterocycles. The summed E-state index contributed by atoms with van der Waals surface area (Å²) in [6.07, 6.45) is 26.2. The number of unbranched alkanes of at least 4 members (excludes halogenated alkanes) is 9. The van der Waals surface area contributed by atoms with Gasteiger partial charge in [-0.2, -0.15) is 0 Å². The standard InChI is InChI=1S/C67H105NP2SSi3/c1-11-20-50-72(51-21-12-2,52-22-13-3)63-44-38-60(39-45-63)69(61-40-46-64(47-41-61)73(53-23-14-4,54-24-15-5)55-25-16-6)68(59-34-30-29-31-35-59)70(66-36-32-33-37-67(66)71-10)62-42-48-65(49-43-62)74(56-26-17-7,57-27-18-8)58-28-19-9/h29-49H,11-28,50-58H2,1-10H3. The molecule has 0 heterocycles. The van der Waals surface area contributed by atoms with E-state index in [9.17, 15) is 0 Å². The summed E-state index contributed by atoms with van der Waals surface area (Å²) < 4.78 is 3.00. The SMILES string of the molecule is CCCC[Si](CCCC)(CCCC)c1ccc(P(c2ccc([Si](CCCC)(CCCC)CCCC)cc2)N(c2ccccc2)P(c2ccc([Si](CCCC)(CCCC)CCCC)cc2)c2ccccc2SC)cc1. The summed E-state index contributed by atoms with van der Waals surface area (Å²) in [6.45, 7) is 21.7. The molecule has 5 rings (SSSR count). The Hall–Kier alpha value is -2.24. The zero-order chi connectivity index (χ0) is 53.1. The molecule has 0 fully saturated rings. The molecule has 1 atom stereocenters. The topological polar surface area (TPSA) is 3.24 Å². The molecule has 1 unspecified atom stereocenters. The second-order valence-corrected chi connectivity index (χ2v) is 41.5.